The molecule has 0 saturated carbocycles. The number of carbonyl (C=O) groups excluding carboxylic acids is 2. The highest BCUT2D eigenvalue weighted by molar-refractivity contribution is 6.33. The summed E-state index contributed by atoms with van der Waals surface area (Å²) in [4.78, 5) is 27.2. The van der Waals surface area contributed by atoms with Gasteiger partial charge in [-0.2, -0.15) is 0 Å². The van der Waals surface area contributed by atoms with Gasteiger partial charge in [-0.05, 0) is 35.7 Å². The highest BCUT2D eigenvalue weighted by Gasteiger charge is 2.26. The summed E-state index contributed by atoms with van der Waals surface area (Å²) in [5.74, 6) is 0.469. The number of quaternary nitrogens is 2. The predicted octanol–water partition coefficient (Wildman–Crippen LogP) is 0.824. The summed E-state index contributed by atoms with van der Waals surface area (Å²) in [5, 5.41) is 6.41. The van der Waals surface area contributed by atoms with Crippen molar-refractivity contribution in [1.29, 1.82) is 0 Å². The van der Waals surface area contributed by atoms with Crippen LogP contribution in [0, 0.1) is 0 Å². The molecule has 2 aromatic carbocycles. The molecule has 0 radical (unpaired) electrons. The minimum absolute atomic E-state index is 0.0298. The van der Waals surface area contributed by atoms with E-state index in [0.29, 0.717) is 29.7 Å². The van der Waals surface area contributed by atoms with Gasteiger partial charge in [0, 0.05) is 5.69 Å². The maximum Gasteiger partial charge on any atom is 0.279 e. The normalized spacial score (nSPS) is 18.8. The first kappa shape index (κ1) is 22.3. The quantitative estimate of drug-likeness (QED) is 0.525. The molecule has 0 aliphatic carbocycles. The Balaban J connectivity index is 1.39. The molecule has 160 valence electrons. The van der Waals surface area contributed by atoms with Crippen LogP contribution in [-0.2, 0) is 9.59 Å². The molecule has 2 amide bonds. The van der Waals surface area contributed by atoms with Crippen LogP contribution in [0.5, 0.6) is 0 Å². The molecule has 3 rings (SSSR count). The van der Waals surface area contributed by atoms with Gasteiger partial charge >= 0.3 is 0 Å². The van der Waals surface area contributed by atoms with Crippen LogP contribution in [0.4, 0.5) is 11.4 Å². The van der Waals surface area contributed by atoms with Crippen molar-refractivity contribution in [2.45, 2.75) is 19.8 Å². The molecule has 4 N–H and O–H groups in total. The minimum atomic E-state index is -0.0378. The molecule has 1 heterocycles. The second kappa shape index (κ2) is 10.6. The molecule has 1 aliphatic rings. The Morgan fingerprint density at radius 1 is 0.867 bits per heavy atom. The largest absolute Gasteiger partial charge is 0.321 e. The number of nitrogens with one attached hydrogen (secondary N) is 4. The molecule has 30 heavy (non-hydrogen) atoms. The Bertz CT molecular complexity index is 862. The van der Waals surface area contributed by atoms with Gasteiger partial charge in [-0.1, -0.05) is 49.7 Å². The third-order valence-corrected chi connectivity index (χ3v) is 5.82. The second-order valence-electron chi connectivity index (χ2n) is 8.21. The van der Waals surface area contributed by atoms with Crippen LogP contribution in [-0.4, -0.2) is 51.1 Å². The van der Waals surface area contributed by atoms with Crippen LogP contribution in [0.3, 0.4) is 0 Å². The molecule has 0 unspecified atom stereocenters. The van der Waals surface area contributed by atoms with E-state index in [-0.39, 0.29) is 11.8 Å². The van der Waals surface area contributed by atoms with Crippen molar-refractivity contribution in [2.24, 2.45) is 0 Å². The number of benzene rings is 2. The fourth-order valence-corrected chi connectivity index (χ4v) is 3.86. The Morgan fingerprint density at radius 3 is 1.93 bits per heavy atom. The molecular formula is C23H31ClN4O2+2. The van der Waals surface area contributed by atoms with Crippen LogP contribution in [0.2, 0.25) is 5.02 Å². The number of carbonyl (C=O) groups is 2. The number of piperazine rings is 1. The molecule has 0 bridgehead atoms. The zero-order chi connectivity index (χ0) is 21.5. The molecule has 0 spiro atoms. The van der Waals surface area contributed by atoms with E-state index in [9.17, 15) is 9.59 Å². The van der Waals surface area contributed by atoms with Crippen molar-refractivity contribution < 1.29 is 19.4 Å². The molecule has 1 fully saturated rings. The van der Waals surface area contributed by atoms with Crippen LogP contribution in [0.15, 0.2) is 48.5 Å². The van der Waals surface area contributed by atoms with Gasteiger partial charge in [0.25, 0.3) is 11.8 Å². The smallest absolute Gasteiger partial charge is 0.279 e. The third kappa shape index (κ3) is 6.55. The summed E-state index contributed by atoms with van der Waals surface area (Å²) in [5.41, 5.74) is 2.74. The first-order valence-electron chi connectivity index (χ1n) is 10.5. The number of amides is 2. The van der Waals surface area contributed by atoms with E-state index in [2.05, 4.69) is 36.6 Å². The first-order valence-corrected chi connectivity index (χ1v) is 10.9. The van der Waals surface area contributed by atoms with E-state index < -0.39 is 0 Å². The number of halogens is 1. The predicted molar refractivity (Wildman–Crippen MR) is 120 cm³/mol. The number of anilines is 2. The molecular weight excluding hydrogens is 400 g/mol. The van der Waals surface area contributed by atoms with Gasteiger partial charge in [0.15, 0.2) is 13.1 Å². The van der Waals surface area contributed by atoms with Crippen molar-refractivity contribution in [2.75, 3.05) is 49.9 Å². The molecule has 1 saturated heterocycles. The molecule has 1 aliphatic heterocycles. The Morgan fingerprint density at radius 2 is 1.40 bits per heavy atom. The average Bonchev–Trinajstić information content (AvgIpc) is 2.71. The first-order chi connectivity index (χ1) is 14.4. The minimum Gasteiger partial charge on any atom is -0.321 e. The van der Waals surface area contributed by atoms with Crippen molar-refractivity contribution in [3.05, 3.63) is 59.1 Å². The topological polar surface area (TPSA) is 67.1 Å². The van der Waals surface area contributed by atoms with Gasteiger partial charge in [-0.3, -0.25) is 9.59 Å². The molecule has 0 aromatic heterocycles. The standard InChI is InChI=1S/C23H29ClN4O2/c1-17(2)18-7-9-19(10-8-18)25-22(29)15-27-11-13-28(14-12-27)16-23(30)26-21-6-4-3-5-20(21)24/h3-10,17H,11-16H2,1-2H3,(H,25,29)(H,26,30)/p+2. The highest BCUT2D eigenvalue weighted by Crippen LogP contribution is 2.20. The van der Waals surface area contributed by atoms with Crippen molar-refractivity contribution in [3.8, 4) is 0 Å². The summed E-state index contributed by atoms with van der Waals surface area (Å²) < 4.78 is 0. The number of hydrogen-bond donors (Lipinski definition) is 4. The van der Waals surface area contributed by atoms with E-state index in [0.717, 1.165) is 31.9 Å². The maximum atomic E-state index is 12.4. The maximum absolute atomic E-state index is 12.4. The van der Waals surface area contributed by atoms with E-state index in [1.807, 2.05) is 24.3 Å². The summed E-state index contributed by atoms with van der Waals surface area (Å²) in [6.45, 7) is 8.63. The lowest BCUT2D eigenvalue weighted by molar-refractivity contribution is -1.00. The summed E-state index contributed by atoms with van der Waals surface area (Å²) >= 11 is 6.10. The van der Waals surface area contributed by atoms with Crippen LogP contribution in [0.25, 0.3) is 0 Å². The zero-order valence-electron chi connectivity index (χ0n) is 17.6. The summed E-state index contributed by atoms with van der Waals surface area (Å²) in [6.07, 6.45) is 0. The van der Waals surface area contributed by atoms with Crippen LogP contribution in [0.1, 0.15) is 25.3 Å². The number of rotatable bonds is 7. The highest BCUT2D eigenvalue weighted by atomic mass is 35.5. The Hall–Kier alpha value is -2.41. The third-order valence-electron chi connectivity index (χ3n) is 5.49. The van der Waals surface area contributed by atoms with Crippen molar-refractivity contribution in [3.63, 3.8) is 0 Å². The van der Waals surface area contributed by atoms with Crippen LogP contribution < -0.4 is 20.4 Å². The SMILES string of the molecule is CC(C)c1ccc(NC(=O)C[NH+]2CC[NH+](CC(=O)Nc3ccccc3Cl)CC2)cc1. The lowest BCUT2D eigenvalue weighted by Gasteiger charge is -2.29. The van der Waals surface area contributed by atoms with Gasteiger partial charge in [0.05, 0.1) is 10.7 Å². The van der Waals surface area contributed by atoms with Crippen LogP contribution >= 0.6 is 11.6 Å². The zero-order valence-corrected chi connectivity index (χ0v) is 18.4. The summed E-state index contributed by atoms with van der Waals surface area (Å²) in [7, 11) is 0. The van der Waals surface area contributed by atoms with Gasteiger partial charge in [0.2, 0.25) is 0 Å². The van der Waals surface area contributed by atoms with Gasteiger partial charge in [0.1, 0.15) is 26.2 Å². The Labute approximate surface area is 183 Å². The number of hydrogen-bond acceptors (Lipinski definition) is 2. The average molecular weight is 431 g/mol. The van der Waals surface area contributed by atoms with Gasteiger partial charge in [-0.15, -0.1) is 0 Å². The molecule has 0 atom stereocenters. The lowest BCUT2D eigenvalue weighted by Crippen LogP contribution is -3.28. The summed E-state index contributed by atoms with van der Waals surface area (Å²) in [6, 6.07) is 15.3. The van der Waals surface area contributed by atoms with E-state index in [1.165, 1.54) is 15.4 Å². The van der Waals surface area contributed by atoms with Crippen molar-refractivity contribution in [1.82, 2.24) is 0 Å². The van der Waals surface area contributed by atoms with E-state index in [1.54, 1.807) is 12.1 Å². The molecule has 2 aromatic rings. The van der Waals surface area contributed by atoms with E-state index >= 15 is 0 Å². The monoisotopic (exact) mass is 430 g/mol. The number of para-hydroxylation sites is 1. The van der Waals surface area contributed by atoms with E-state index in [4.69, 9.17) is 11.6 Å². The fourth-order valence-electron chi connectivity index (χ4n) is 3.68. The second-order valence-corrected chi connectivity index (χ2v) is 8.61. The lowest BCUT2D eigenvalue weighted by atomic mass is 10.0. The molecule has 6 nitrogen and oxygen atoms in total. The fraction of sp³-hybridized carbons (Fsp3) is 0.391. The Kier molecular flexibility index (Phi) is 7.85. The van der Waals surface area contributed by atoms with Gasteiger partial charge < -0.3 is 20.4 Å². The van der Waals surface area contributed by atoms with Gasteiger partial charge in [-0.25, -0.2) is 0 Å². The molecule has 7 heteroatoms. The van der Waals surface area contributed by atoms with Crippen molar-refractivity contribution >= 4 is 34.8 Å².